The number of hydrogen-bond acceptors (Lipinski definition) is 4. The zero-order valence-corrected chi connectivity index (χ0v) is 9.20. The van der Waals surface area contributed by atoms with Gasteiger partial charge >= 0.3 is 5.97 Å². The Hall–Kier alpha value is -0.920. The number of thiophene rings is 1. The van der Waals surface area contributed by atoms with Crippen molar-refractivity contribution < 1.29 is 18.3 Å². The maximum Gasteiger partial charge on any atom is 0.338 e. The monoisotopic (exact) mass is 235 g/mol. The van der Waals surface area contributed by atoms with Crippen LogP contribution in [0.1, 0.15) is 20.8 Å². The molecule has 0 amide bonds. The average Bonchev–Trinajstić information content (AvgIpc) is 2.27. The summed E-state index contributed by atoms with van der Waals surface area (Å²) < 4.78 is 21.8. The Morgan fingerprint density at radius 1 is 1.43 bits per heavy atom. The molecule has 78 valence electrons. The lowest BCUT2D eigenvalue weighted by molar-refractivity contribution is 0.0693. The summed E-state index contributed by atoms with van der Waals surface area (Å²) in [5.74, 6) is -1.27. The SMILES string of the molecule is Cc1sc(S(N)(=O)=O)c(C(=O)O)c1C. The maximum atomic E-state index is 11.0. The number of aryl methyl sites for hydroxylation is 1. The fourth-order valence-corrected chi connectivity index (χ4v) is 3.28. The van der Waals surface area contributed by atoms with E-state index in [0.29, 0.717) is 10.4 Å². The van der Waals surface area contributed by atoms with Gasteiger partial charge in [-0.05, 0) is 19.4 Å². The first-order valence-corrected chi connectivity index (χ1v) is 5.97. The Morgan fingerprint density at radius 2 is 1.93 bits per heavy atom. The largest absolute Gasteiger partial charge is 0.478 e. The quantitative estimate of drug-likeness (QED) is 0.788. The zero-order chi connectivity index (χ0) is 11.1. The Morgan fingerprint density at radius 3 is 2.21 bits per heavy atom. The Balaban J connectivity index is 3.62. The summed E-state index contributed by atoms with van der Waals surface area (Å²) in [6, 6.07) is 0. The van der Waals surface area contributed by atoms with Gasteiger partial charge in [0.1, 0.15) is 4.21 Å². The molecular weight excluding hydrogens is 226 g/mol. The van der Waals surface area contributed by atoms with E-state index in [2.05, 4.69) is 0 Å². The third-order valence-corrected chi connectivity index (χ3v) is 4.50. The van der Waals surface area contributed by atoms with E-state index in [1.807, 2.05) is 0 Å². The molecule has 0 saturated carbocycles. The van der Waals surface area contributed by atoms with Crippen molar-refractivity contribution in [3.05, 3.63) is 16.0 Å². The molecule has 5 nitrogen and oxygen atoms in total. The van der Waals surface area contributed by atoms with Gasteiger partial charge in [-0.25, -0.2) is 18.4 Å². The summed E-state index contributed by atoms with van der Waals surface area (Å²) in [4.78, 5) is 11.4. The molecule has 1 rings (SSSR count). The maximum absolute atomic E-state index is 11.0. The van der Waals surface area contributed by atoms with Crippen LogP contribution in [0.25, 0.3) is 0 Å². The molecule has 0 bridgehead atoms. The van der Waals surface area contributed by atoms with Gasteiger partial charge < -0.3 is 5.11 Å². The molecule has 3 N–H and O–H groups in total. The number of carboxylic acid groups (broad SMARTS) is 1. The lowest BCUT2D eigenvalue weighted by Crippen LogP contribution is -2.14. The number of carbonyl (C=O) groups is 1. The highest BCUT2D eigenvalue weighted by Crippen LogP contribution is 2.30. The highest BCUT2D eigenvalue weighted by molar-refractivity contribution is 7.91. The van der Waals surface area contributed by atoms with E-state index in [-0.39, 0.29) is 9.77 Å². The predicted octanol–water partition coefficient (Wildman–Crippen LogP) is 0.711. The predicted molar refractivity (Wildman–Crippen MR) is 52.1 cm³/mol. The van der Waals surface area contributed by atoms with Crippen molar-refractivity contribution in [1.82, 2.24) is 0 Å². The van der Waals surface area contributed by atoms with Gasteiger partial charge in [-0.1, -0.05) is 0 Å². The van der Waals surface area contributed by atoms with Gasteiger partial charge in [0.05, 0.1) is 5.56 Å². The summed E-state index contributed by atoms with van der Waals surface area (Å²) in [5.41, 5.74) is 0.238. The van der Waals surface area contributed by atoms with Crippen LogP contribution in [0.15, 0.2) is 4.21 Å². The van der Waals surface area contributed by atoms with Crippen molar-refractivity contribution in [3.8, 4) is 0 Å². The van der Waals surface area contributed by atoms with Gasteiger partial charge in [0.2, 0.25) is 10.0 Å². The lowest BCUT2D eigenvalue weighted by Gasteiger charge is -1.96. The lowest BCUT2D eigenvalue weighted by atomic mass is 10.2. The van der Waals surface area contributed by atoms with E-state index in [1.165, 1.54) is 0 Å². The molecule has 0 unspecified atom stereocenters. The van der Waals surface area contributed by atoms with Gasteiger partial charge in [0, 0.05) is 4.88 Å². The average molecular weight is 235 g/mol. The first-order valence-electron chi connectivity index (χ1n) is 3.61. The number of carboxylic acids is 1. The number of aromatic carboxylic acids is 1. The van der Waals surface area contributed by atoms with E-state index in [9.17, 15) is 13.2 Å². The molecule has 0 fully saturated rings. The normalized spacial score (nSPS) is 11.6. The highest BCUT2D eigenvalue weighted by atomic mass is 32.2. The third-order valence-electron chi connectivity index (χ3n) is 1.83. The van der Waals surface area contributed by atoms with Gasteiger partial charge in [0.15, 0.2) is 0 Å². The second-order valence-electron chi connectivity index (χ2n) is 2.80. The van der Waals surface area contributed by atoms with Crippen LogP contribution in [0, 0.1) is 13.8 Å². The Labute approximate surface area is 85.2 Å². The number of sulfonamides is 1. The molecule has 0 spiro atoms. The molecule has 0 aliphatic rings. The van der Waals surface area contributed by atoms with Gasteiger partial charge in [0.25, 0.3) is 0 Å². The molecule has 0 saturated heterocycles. The minimum atomic E-state index is -3.94. The van der Waals surface area contributed by atoms with Crippen molar-refractivity contribution in [2.45, 2.75) is 18.1 Å². The van der Waals surface area contributed by atoms with Gasteiger partial charge in [-0.3, -0.25) is 0 Å². The van der Waals surface area contributed by atoms with Crippen LogP contribution in [-0.2, 0) is 10.0 Å². The van der Waals surface area contributed by atoms with Gasteiger partial charge in [-0.15, -0.1) is 11.3 Å². The molecule has 0 aliphatic heterocycles. The number of rotatable bonds is 2. The smallest absolute Gasteiger partial charge is 0.338 e. The fraction of sp³-hybridized carbons (Fsp3) is 0.286. The van der Waals surface area contributed by atoms with Crippen molar-refractivity contribution >= 4 is 27.3 Å². The molecule has 1 aromatic heterocycles. The molecular formula is C7H9NO4S2. The van der Waals surface area contributed by atoms with Crippen LogP contribution < -0.4 is 5.14 Å². The summed E-state index contributed by atoms with van der Waals surface area (Å²) in [7, 11) is -3.94. The summed E-state index contributed by atoms with van der Waals surface area (Å²) in [6.07, 6.45) is 0. The first-order chi connectivity index (χ1) is 6.25. The zero-order valence-electron chi connectivity index (χ0n) is 7.57. The van der Waals surface area contributed by atoms with E-state index < -0.39 is 16.0 Å². The number of nitrogens with two attached hydrogens (primary N) is 1. The van der Waals surface area contributed by atoms with Gasteiger partial charge in [-0.2, -0.15) is 0 Å². The Bertz CT molecular complexity index is 486. The highest BCUT2D eigenvalue weighted by Gasteiger charge is 2.25. The number of primary sulfonamides is 1. The van der Waals surface area contributed by atoms with Crippen molar-refractivity contribution in [1.29, 1.82) is 0 Å². The van der Waals surface area contributed by atoms with Crippen LogP contribution in [0.2, 0.25) is 0 Å². The second kappa shape index (κ2) is 3.34. The summed E-state index contributed by atoms with van der Waals surface area (Å²) >= 11 is 0.882. The van der Waals surface area contributed by atoms with Crippen molar-refractivity contribution in [2.24, 2.45) is 5.14 Å². The molecule has 1 heterocycles. The van der Waals surface area contributed by atoms with Crippen LogP contribution in [0.5, 0.6) is 0 Å². The molecule has 1 aromatic rings. The Kier molecular flexibility index (Phi) is 2.66. The first kappa shape index (κ1) is 11.2. The second-order valence-corrected chi connectivity index (χ2v) is 5.78. The van der Waals surface area contributed by atoms with E-state index >= 15 is 0 Å². The van der Waals surface area contributed by atoms with Crippen LogP contribution >= 0.6 is 11.3 Å². The molecule has 0 aliphatic carbocycles. The van der Waals surface area contributed by atoms with Crippen LogP contribution in [0.3, 0.4) is 0 Å². The fourth-order valence-electron chi connectivity index (χ4n) is 1.04. The molecule has 7 heteroatoms. The van der Waals surface area contributed by atoms with E-state index in [4.69, 9.17) is 10.2 Å². The standard InChI is InChI=1S/C7H9NO4S2/c1-3-4(2)13-7(14(8,11)12)5(3)6(9)10/h1-2H3,(H,9,10)(H2,8,11,12). The van der Waals surface area contributed by atoms with Crippen LogP contribution in [0.4, 0.5) is 0 Å². The molecule has 0 aromatic carbocycles. The molecule has 0 radical (unpaired) electrons. The van der Waals surface area contributed by atoms with Crippen molar-refractivity contribution in [3.63, 3.8) is 0 Å². The number of hydrogen-bond donors (Lipinski definition) is 2. The minimum Gasteiger partial charge on any atom is -0.478 e. The third kappa shape index (κ3) is 1.79. The summed E-state index contributed by atoms with van der Waals surface area (Å²) in [6.45, 7) is 3.21. The minimum absolute atomic E-state index is 0.213. The van der Waals surface area contributed by atoms with Crippen LogP contribution in [-0.4, -0.2) is 19.5 Å². The van der Waals surface area contributed by atoms with E-state index in [1.54, 1.807) is 13.8 Å². The topological polar surface area (TPSA) is 97.5 Å². The molecule has 0 atom stereocenters. The van der Waals surface area contributed by atoms with E-state index in [0.717, 1.165) is 11.3 Å². The summed E-state index contributed by atoms with van der Waals surface area (Å²) in [5, 5.41) is 13.7. The molecule has 14 heavy (non-hydrogen) atoms. The van der Waals surface area contributed by atoms with Crippen molar-refractivity contribution in [2.75, 3.05) is 0 Å².